The second-order valence-corrected chi connectivity index (χ2v) is 5.51. The first-order valence-corrected chi connectivity index (χ1v) is 7.05. The van der Waals surface area contributed by atoms with Crippen LogP contribution in [0, 0.1) is 5.82 Å². The van der Waals surface area contributed by atoms with Crippen molar-refractivity contribution in [3.63, 3.8) is 0 Å². The van der Waals surface area contributed by atoms with Gasteiger partial charge in [0.15, 0.2) is 0 Å². The molecule has 110 valence electrons. The van der Waals surface area contributed by atoms with Crippen molar-refractivity contribution in [3.8, 4) is 0 Å². The molecule has 0 atom stereocenters. The highest BCUT2D eigenvalue weighted by molar-refractivity contribution is 5.94. The van der Waals surface area contributed by atoms with Gasteiger partial charge >= 0.3 is 0 Å². The molecular formula is C15H20ClFN2O. The third-order valence-electron chi connectivity index (χ3n) is 3.95. The molecular weight excluding hydrogens is 279 g/mol. The molecule has 0 bridgehead atoms. The monoisotopic (exact) mass is 298 g/mol. The van der Waals surface area contributed by atoms with Gasteiger partial charge in [0.05, 0.1) is 0 Å². The summed E-state index contributed by atoms with van der Waals surface area (Å²) in [5.74, 6) is -0.0255. The summed E-state index contributed by atoms with van der Waals surface area (Å²) in [5.41, 5.74) is 1.28. The first-order chi connectivity index (χ1) is 9.24. The Bertz CT molecular complexity index is 485. The van der Waals surface area contributed by atoms with Gasteiger partial charge < -0.3 is 10.6 Å². The SMILES string of the molecule is Cl.O=C(NC1CC1)c1ccc(F)c(C2CCNCC2)c1. The van der Waals surface area contributed by atoms with Crippen LogP contribution in [0.25, 0.3) is 0 Å². The van der Waals surface area contributed by atoms with Crippen molar-refractivity contribution in [3.05, 3.63) is 35.1 Å². The Morgan fingerprint density at radius 3 is 2.55 bits per heavy atom. The van der Waals surface area contributed by atoms with Crippen LogP contribution in [0.15, 0.2) is 18.2 Å². The Hall–Kier alpha value is -1.13. The number of carbonyl (C=O) groups is 1. The highest BCUT2D eigenvalue weighted by Gasteiger charge is 2.25. The first-order valence-electron chi connectivity index (χ1n) is 7.05. The number of amides is 1. The van der Waals surface area contributed by atoms with E-state index in [-0.39, 0.29) is 30.0 Å². The van der Waals surface area contributed by atoms with E-state index in [1.165, 1.54) is 6.07 Å². The molecule has 1 aliphatic carbocycles. The number of carbonyl (C=O) groups excluding carboxylic acids is 1. The van der Waals surface area contributed by atoms with E-state index in [1.54, 1.807) is 12.1 Å². The zero-order valence-electron chi connectivity index (χ0n) is 11.3. The number of hydrogen-bond donors (Lipinski definition) is 2. The third kappa shape index (κ3) is 3.49. The summed E-state index contributed by atoms with van der Waals surface area (Å²) in [4.78, 5) is 12.0. The minimum absolute atomic E-state index is 0. The third-order valence-corrected chi connectivity index (χ3v) is 3.95. The van der Waals surface area contributed by atoms with Crippen LogP contribution in [0.1, 0.15) is 47.5 Å². The Morgan fingerprint density at radius 2 is 1.90 bits per heavy atom. The highest BCUT2D eigenvalue weighted by atomic mass is 35.5. The van der Waals surface area contributed by atoms with E-state index < -0.39 is 0 Å². The van der Waals surface area contributed by atoms with Crippen LogP contribution in [0.2, 0.25) is 0 Å². The molecule has 1 saturated carbocycles. The van der Waals surface area contributed by atoms with Crippen LogP contribution in [0.3, 0.4) is 0 Å². The lowest BCUT2D eigenvalue weighted by molar-refractivity contribution is 0.0951. The fraction of sp³-hybridized carbons (Fsp3) is 0.533. The largest absolute Gasteiger partial charge is 0.349 e. The maximum atomic E-state index is 13.9. The summed E-state index contributed by atoms with van der Waals surface area (Å²) >= 11 is 0. The van der Waals surface area contributed by atoms with E-state index in [9.17, 15) is 9.18 Å². The minimum Gasteiger partial charge on any atom is -0.349 e. The van der Waals surface area contributed by atoms with Gasteiger partial charge in [0.1, 0.15) is 5.82 Å². The van der Waals surface area contributed by atoms with Crippen LogP contribution >= 0.6 is 12.4 Å². The molecule has 1 aromatic carbocycles. The number of piperidine rings is 1. The van der Waals surface area contributed by atoms with Gasteiger partial charge in [-0.2, -0.15) is 0 Å². The molecule has 20 heavy (non-hydrogen) atoms. The number of rotatable bonds is 3. The molecule has 1 aromatic rings. The smallest absolute Gasteiger partial charge is 0.251 e. The number of nitrogens with one attached hydrogen (secondary N) is 2. The van der Waals surface area contributed by atoms with Crippen molar-refractivity contribution < 1.29 is 9.18 Å². The van der Waals surface area contributed by atoms with E-state index in [2.05, 4.69) is 10.6 Å². The molecule has 3 rings (SSSR count). The van der Waals surface area contributed by atoms with E-state index in [1.807, 2.05) is 0 Å². The summed E-state index contributed by atoms with van der Waals surface area (Å²) in [6.07, 6.45) is 4.00. The van der Waals surface area contributed by atoms with Crippen molar-refractivity contribution in [1.29, 1.82) is 0 Å². The van der Waals surface area contributed by atoms with Crippen LogP contribution in [0.5, 0.6) is 0 Å². The van der Waals surface area contributed by atoms with Crippen molar-refractivity contribution in [2.24, 2.45) is 0 Å². The average molecular weight is 299 g/mol. The standard InChI is InChI=1S/C15H19FN2O.ClH/c16-14-4-1-11(15(19)18-12-2-3-12)9-13(14)10-5-7-17-8-6-10;/h1,4,9-10,12,17H,2-3,5-8H2,(H,18,19);1H. The van der Waals surface area contributed by atoms with Gasteiger partial charge in [0.2, 0.25) is 0 Å². The van der Waals surface area contributed by atoms with Gasteiger partial charge in [-0.3, -0.25) is 4.79 Å². The normalized spacial score (nSPS) is 19.2. The van der Waals surface area contributed by atoms with Crippen LogP contribution in [-0.4, -0.2) is 25.0 Å². The van der Waals surface area contributed by atoms with E-state index in [0.717, 1.165) is 38.8 Å². The van der Waals surface area contributed by atoms with Gasteiger partial charge in [-0.15, -0.1) is 12.4 Å². The van der Waals surface area contributed by atoms with Gasteiger partial charge in [0.25, 0.3) is 5.91 Å². The molecule has 1 heterocycles. The van der Waals surface area contributed by atoms with Gasteiger partial charge in [-0.25, -0.2) is 4.39 Å². The molecule has 0 unspecified atom stereocenters. The quantitative estimate of drug-likeness (QED) is 0.900. The Morgan fingerprint density at radius 1 is 1.20 bits per heavy atom. The second-order valence-electron chi connectivity index (χ2n) is 5.51. The second kappa shape index (κ2) is 6.55. The summed E-state index contributed by atoms with van der Waals surface area (Å²) < 4.78 is 13.9. The van der Waals surface area contributed by atoms with Gasteiger partial charge in [0, 0.05) is 11.6 Å². The lowest BCUT2D eigenvalue weighted by atomic mass is 9.89. The highest BCUT2D eigenvalue weighted by Crippen LogP contribution is 2.28. The molecule has 1 saturated heterocycles. The number of halogens is 2. The number of benzene rings is 1. The van der Waals surface area contributed by atoms with Crippen LogP contribution < -0.4 is 10.6 Å². The topological polar surface area (TPSA) is 41.1 Å². The zero-order chi connectivity index (χ0) is 13.2. The summed E-state index contributed by atoms with van der Waals surface area (Å²) in [6.45, 7) is 1.84. The lowest BCUT2D eigenvalue weighted by Crippen LogP contribution is -2.28. The molecule has 2 aliphatic rings. The molecule has 1 amide bonds. The summed E-state index contributed by atoms with van der Waals surface area (Å²) in [6, 6.07) is 5.08. The molecule has 2 fully saturated rings. The summed E-state index contributed by atoms with van der Waals surface area (Å²) in [5, 5.41) is 6.22. The lowest BCUT2D eigenvalue weighted by Gasteiger charge is -2.23. The van der Waals surface area contributed by atoms with E-state index >= 15 is 0 Å². The molecule has 5 heteroatoms. The molecule has 1 aliphatic heterocycles. The van der Waals surface area contributed by atoms with Crippen molar-refractivity contribution in [2.75, 3.05) is 13.1 Å². The Labute approximate surface area is 124 Å². The minimum atomic E-state index is -0.185. The molecule has 0 radical (unpaired) electrons. The van der Waals surface area contributed by atoms with Crippen molar-refractivity contribution in [2.45, 2.75) is 37.6 Å². The fourth-order valence-electron chi connectivity index (χ4n) is 2.63. The maximum Gasteiger partial charge on any atom is 0.251 e. The predicted octanol–water partition coefficient (Wildman–Crippen LogP) is 2.61. The molecule has 3 nitrogen and oxygen atoms in total. The van der Waals surface area contributed by atoms with Crippen molar-refractivity contribution in [1.82, 2.24) is 10.6 Å². The average Bonchev–Trinajstić information content (AvgIpc) is 3.24. The van der Waals surface area contributed by atoms with Crippen molar-refractivity contribution >= 4 is 18.3 Å². The fourth-order valence-corrected chi connectivity index (χ4v) is 2.63. The molecule has 0 spiro atoms. The first kappa shape index (κ1) is 15.3. The maximum absolute atomic E-state index is 13.9. The van der Waals surface area contributed by atoms with Crippen LogP contribution in [0.4, 0.5) is 4.39 Å². The Balaban J connectivity index is 0.00000147. The zero-order valence-corrected chi connectivity index (χ0v) is 12.1. The molecule has 0 aromatic heterocycles. The summed E-state index contributed by atoms with van der Waals surface area (Å²) in [7, 11) is 0. The Kier molecular flexibility index (Phi) is 5.00. The van der Waals surface area contributed by atoms with E-state index in [4.69, 9.17) is 0 Å². The van der Waals surface area contributed by atoms with E-state index in [0.29, 0.717) is 17.2 Å². The van der Waals surface area contributed by atoms with Crippen LogP contribution in [-0.2, 0) is 0 Å². The van der Waals surface area contributed by atoms with Gasteiger partial charge in [-0.05, 0) is 68.5 Å². The molecule has 2 N–H and O–H groups in total. The number of hydrogen-bond acceptors (Lipinski definition) is 2. The van der Waals surface area contributed by atoms with Gasteiger partial charge in [-0.1, -0.05) is 0 Å². The predicted molar refractivity (Wildman–Crippen MR) is 79.0 cm³/mol.